The quantitative estimate of drug-likeness (QED) is 0.581. The van der Waals surface area contributed by atoms with Crippen LogP contribution in [0.2, 0.25) is 0 Å². The van der Waals surface area contributed by atoms with Crippen molar-refractivity contribution in [3.05, 3.63) is 0 Å². The van der Waals surface area contributed by atoms with Crippen molar-refractivity contribution in [2.75, 3.05) is 6.54 Å². The third-order valence-corrected chi connectivity index (χ3v) is 4.49. The first-order valence-electron chi connectivity index (χ1n) is 5.58. The highest BCUT2D eigenvalue weighted by molar-refractivity contribution is 5.05. The Morgan fingerprint density at radius 1 is 0.750 bits per heavy atom. The van der Waals surface area contributed by atoms with Gasteiger partial charge in [-0.1, -0.05) is 12.8 Å². The van der Waals surface area contributed by atoms with Crippen LogP contribution in [0, 0.1) is 5.41 Å². The molecule has 0 aromatic rings. The largest absolute Gasteiger partial charge is 0.311 e. The lowest BCUT2D eigenvalue weighted by Crippen LogP contribution is -2.49. The maximum absolute atomic E-state index is 3.85. The summed E-state index contributed by atoms with van der Waals surface area (Å²) in [5, 5.41) is 3.85. The fraction of sp³-hybridized carbons (Fsp3) is 1.00. The molecule has 3 rings (SSSR count). The lowest BCUT2D eigenvalue weighted by molar-refractivity contribution is 0.197. The molecular weight excluding hydrogens is 146 g/mol. The van der Waals surface area contributed by atoms with Gasteiger partial charge >= 0.3 is 0 Å². The second kappa shape index (κ2) is 2.25. The smallest absolute Gasteiger partial charge is 0.0182 e. The van der Waals surface area contributed by atoms with Crippen molar-refractivity contribution in [1.29, 1.82) is 0 Å². The van der Waals surface area contributed by atoms with Gasteiger partial charge in [-0.3, -0.25) is 0 Å². The molecule has 2 spiro atoms. The van der Waals surface area contributed by atoms with Gasteiger partial charge in [-0.15, -0.1) is 0 Å². The Hall–Kier alpha value is -0.0400. The second-order valence-corrected chi connectivity index (χ2v) is 5.34. The molecule has 1 heteroatoms. The van der Waals surface area contributed by atoms with Crippen molar-refractivity contribution in [3.8, 4) is 0 Å². The molecule has 0 unspecified atom stereocenters. The highest BCUT2D eigenvalue weighted by Gasteiger charge is 2.49. The monoisotopic (exact) mass is 165 g/mol. The molecule has 3 aliphatic rings. The van der Waals surface area contributed by atoms with Gasteiger partial charge in [0, 0.05) is 12.1 Å². The van der Waals surface area contributed by atoms with E-state index in [1.54, 1.807) is 0 Å². The molecule has 1 nitrogen and oxygen atoms in total. The van der Waals surface area contributed by atoms with Crippen LogP contribution in [-0.4, -0.2) is 12.1 Å². The van der Waals surface area contributed by atoms with Gasteiger partial charge in [0.05, 0.1) is 0 Å². The first-order valence-corrected chi connectivity index (χ1v) is 5.58. The fourth-order valence-corrected chi connectivity index (χ4v) is 3.14. The zero-order valence-corrected chi connectivity index (χ0v) is 7.86. The molecule has 0 bridgehead atoms. The lowest BCUT2D eigenvalue weighted by atomic mass is 9.81. The Labute approximate surface area is 74.9 Å². The van der Waals surface area contributed by atoms with Crippen molar-refractivity contribution < 1.29 is 0 Å². The summed E-state index contributed by atoms with van der Waals surface area (Å²) in [5.41, 5.74) is 1.42. The van der Waals surface area contributed by atoms with E-state index in [1.165, 1.54) is 57.9 Å². The average Bonchev–Trinajstić information content (AvgIpc) is 2.72. The van der Waals surface area contributed by atoms with E-state index < -0.39 is 0 Å². The predicted molar refractivity (Wildman–Crippen MR) is 50.1 cm³/mol. The van der Waals surface area contributed by atoms with E-state index >= 15 is 0 Å². The van der Waals surface area contributed by atoms with Crippen molar-refractivity contribution in [2.24, 2.45) is 5.41 Å². The summed E-state index contributed by atoms with van der Waals surface area (Å²) in [6, 6.07) is 0. The van der Waals surface area contributed by atoms with Crippen LogP contribution >= 0.6 is 0 Å². The molecule has 1 heterocycles. The molecule has 0 aromatic heterocycles. The molecule has 0 aromatic carbocycles. The first kappa shape index (κ1) is 7.37. The summed E-state index contributed by atoms with van der Waals surface area (Å²) in [6.45, 7) is 1.34. The van der Waals surface area contributed by atoms with E-state index in [9.17, 15) is 0 Å². The summed E-state index contributed by atoms with van der Waals surface area (Å²) >= 11 is 0. The third-order valence-electron chi connectivity index (χ3n) is 4.49. The summed E-state index contributed by atoms with van der Waals surface area (Å²) in [6.07, 6.45) is 11.9. The Balaban J connectivity index is 1.69. The normalized spacial score (nSPS) is 36.0. The minimum atomic E-state index is 0.619. The highest BCUT2D eigenvalue weighted by atomic mass is 15.0. The molecule has 0 amide bonds. The van der Waals surface area contributed by atoms with Crippen molar-refractivity contribution in [1.82, 2.24) is 5.32 Å². The van der Waals surface area contributed by atoms with Gasteiger partial charge in [0.25, 0.3) is 0 Å². The van der Waals surface area contributed by atoms with Crippen molar-refractivity contribution in [3.63, 3.8) is 0 Å². The minimum absolute atomic E-state index is 0.619. The Kier molecular flexibility index (Phi) is 1.39. The van der Waals surface area contributed by atoms with Crippen LogP contribution in [0.1, 0.15) is 51.4 Å². The molecule has 0 atom stereocenters. The van der Waals surface area contributed by atoms with Crippen LogP contribution in [0.25, 0.3) is 0 Å². The van der Waals surface area contributed by atoms with E-state index in [-0.39, 0.29) is 0 Å². The Morgan fingerprint density at radius 3 is 1.92 bits per heavy atom. The molecule has 3 fully saturated rings. The molecule has 1 saturated heterocycles. The van der Waals surface area contributed by atoms with Gasteiger partial charge in [-0.2, -0.15) is 0 Å². The SMILES string of the molecule is C1CCC2(C1)CCC1(CC1)CN2. The molecular formula is C11H19N. The van der Waals surface area contributed by atoms with Gasteiger partial charge in [-0.05, 0) is 43.9 Å². The first-order chi connectivity index (χ1) is 5.83. The number of rotatable bonds is 0. The van der Waals surface area contributed by atoms with Gasteiger partial charge in [-0.25, -0.2) is 0 Å². The van der Waals surface area contributed by atoms with Crippen LogP contribution in [0.4, 0.5) is 0 Å². The lowest BCUT2D eigenvalue weighted by Gasteiger charge is -2.39. The number of nitrogens with one attached hydrogen (secondary N) is 1. The topological polar surface area (TPSA) is 12.0 Å². The average molecular weight is 165 g/mol. The molecule has 12 heavy (non-hydrogen) atoms. The van der Waals surface area contributed by atoms with E-state index in [0.717, 1.165) is 5.41 Å². The Morgan fingerprint density at radius 2 is 1.42 bits per heavy atom. The van der Waals surface area contributed by atoms with Crippen LogP contribution < -0.4 is 5.32 Å². The van der Waals surface area contributed by atoms with E-state index in [1.807, 2.05) is 0 Å². The predicted octanol–water partition coefficient (Wildman–Crippen LogP) is 2.46. The minimum Gasteiger partial charge on any atom is -0.311 e. The zero-order valence-electron chi connectivity index (χ0n) is 7.86. The van der Waals surface area contributed by atoms with E-state index in [2.05, 4.69) is 5.32 Å². The fourth-order valence-electron chi connectivity index (χ4n) is 3.14. The maximum Gasteiger partial charge on any atom is 0.0182 e. The number of hydrogen-bond donors (Lipinski definition) is 1. The van der Waals surface area contributed by atoms with Crippen molar-refractivity contribution in [2.45, 2.75) is 56.9 Å². The molecule has 1 aliphatic heterocycles. The summed E-state index contributed by atoms with van der Waals surface area (Å²) in [7, 11) is 0. The zero-order chi connectivity index (χ0) is 8.07. The van der Waals surface area contributed by atoms with Crippen molar-refractivity contribution >= 4 is 0 Å². The second-order valence-electron chi connectivity index (χ2n) is 5.34. The number of hydrogen-bond acceptors (Lipinski definition) is 1. The molecule has 68 valence electrons. The van der Waals surface area contributed by atoms with Gasteiger partial charge in [0.15, 0.2) is 0 Å². The van der Waals surface area contributed by atoms with Crippen LogP contribution in [0.3, 0.4) is 0 Å². The molecule has 0 radical (unpaired) electrons. The molecule has 2 aliphatic carbocycles. The van der Waals surface area contributed by atoms with Crippen LogP contribution in [0.5, 0.6) is 0 Å². The third kappa shape index (κ3) is 1.02. The van der Waals surface area contributed by atoms with Gasteiger partial charge in [0.2, 0.25) is 0 Å². The van der Waals surface area contributed by atoms with Crippen LogP contribution in [-0.2, 0) is 0 Å². The Bertz CT molecular complexity index is 175. The van der Waals surface area contributed by atoms with E-state index in [4.69, 9.17) is 0 Å². The maximum atomic E-state index is 3.85. The van der Waals surface area contributed by atoms with E-state index in [0.29, 0.717) is 5.54 Å². The summed E-state index contributed by atoms with van der Waals surface area (Å²) in [5.74, 6) is 0. The molecule has 1 N–H and O–H groups in total. The van der Waals surface area contributed by atoms with Gasteiger partial charge in [0.1, 0.15) is 0 Å². The standard InChI is InChI=1S/C11H19N/c1-2-4-11(3-1)8-7-10(5-6-10)9-12-11/h12H,1-9H2. The number of piperidine rings is 1. The van der Waals surface area contributed by atoms with Crippen LogP contribution in [0.15, 0.2) is 0 Å². The van der Waals surface area contributed by atoms with Gasteiger partial charge < -0.3 is 5.32 Å². The summed E-state index contributed by atoms with van der Waals surface area (Å²) in [4.78, 5) is 0. The summed E-state index contributed by atoms with van der Waals surface area (Å²) < 4.78 is 0. The highest BCUT2D eigenvalue weighted by Crippen LogP contribution is 2.54. The molecule has 2 saturated carbocycles.